The summed E-state index contributed by atoms with van der Waals surface area (Å²) in [4.78, 5) is 32.7. The van der Waals surface area contributed by atoms with Crippen LogP contribution in [0.1, 0.15) is 26.3 Å². The molecule has 2 aromatic carbocycles. The predicted octanol–water partition coefficient (Wildman–Crippen LogP) is 4.68. The van der Waals surface area contributed by atoms with Gasteiger partial charge in [0.2, 0.25) is 5.91 Å². The lowest BCUT2D eigenvalue weighted by Crippen LogP contribution is -2.27. The van der Waals surface area contributed by atoms with Gasteiger partial charge in [-0.25, -0.2) is 14.8 Å². The highest BCUT2D eigenvalue weighted by Gasteiger charge is 2.16. The molecular weight excluding hydrogens is 408 g/mol. The normalized spacial score (nSPS) is 10.9. The zero-order chi connectivity index (χ0) is 23.1. The SMILES string of the molecule is COc1ccc(-c2cc(NC(=O)Cc3ccc(NC(=O)OC(C)(C)C)cc3)ncn2)cc1. The summed E-state index contributed by atoms with van der Waals surface area (Å²) in [5, 5.41) is 5.45. The molecule has 0 atom stereocenters. The van der Waals surface area contributed by atoms with Gasteiger partial charge in [-0.2, -0.15) is 0 Å². The monoisotopic (exact) mass is 434 g/mol. The van der Waals surface area contributed by atoms with Crippen molar-refractivity contribution in [3.8, 4) is 17.0 Å². The molecule has 0 saturated heterocycles. The summed E-state index contributed by atoms with van der Waals surface area (Å²) in [5.74, 6) is 0.958. The average molecular weight is 434 g/mol. The smallest absolute Gasteiger partial charge is 0.412 e. The van der Waals surface area contributed by atoms with Crippen molar-refractivity contribution in [2.75, 3.05) is 17.7 Å². The molecule has 1 aromatic heterocycles. The zero-order valence-electron chi connectivity index (χ0n) is 18.5. The van der Waals surface area contributed by atoms with Crippen LogP contribution in [0.5, 0.6) is 5.75 Å². The maximum absolute atomic E-state index is 12.5. The quantitative estimate of drug-likeness (QED) is 0.584. The molecular formula is C24H26N4O4. The molecule has 2 amide bonds. The van der Waals surface area contributed by atoms with Gasteiger partial charge in [0, 0.05) is 17.3 Å². The molecule has 1 heterocycles. The molecule has 3 rings (SSSR count). The Bertz CT molecular complexity index is 1070. The van der Waals surface area contributed by atoms with Crippen LogP contribution < -0.4 is 15.4 Å². The van der Waals surface area contributed by atoms with Crippen molar-refractivity contribution in [3.63, 3.8) is 0 Å². The second kappa shape index (κ2) is 9.91. The van der Waals surface area contributed by atoms with E-state index in [-0.39, 0.29) is 12.3 Å². The Hall–Kier alpha value is -3.94. The Morgan fingerprint density at radius 1 is 0.938 bits per heavy atom. The molecule has 8 heteroatoms. The van der Waals surface area contributed by atoms with Crippen molar-refractivity contribution in [2.45, 2.75) is 32.8 Å². The van der Waals surface area contributed by atoms with Crippen molar-refractivity contribution in [2.24, 2.45) is 0 Å². The van der Waals surface area contributed by atoms with Crippen molar-refractivity contribution >= 4 is 23.5 Å². The average Bonchev–Trinajstić information content (AvgIpc) is 2.74. The van der Waals surface area contributed by atoms with E-state index in [2.05, 4.69) is 20.6 Å². The lowest BCUT2D eigenvalue weighted by atomic mass is 10.1. The molecule has 0 aliphatic heterocycles. The molecule has 8 nitrogen and oxygen atoms in total. The van der Waals surface area contributed by atoms with Gasteiger partial charge in [0.25, 0.3) is 0 Å². The fourth-order valence-electron chi connectivity index (χ4n) is 2.85. The molecule has 0 radical (unpaired) electrons. The van der Waals surface area contributed by atoms with E-state index in [4.69, 9.17) is 9.47 Å². The van der Waals surface area contributed by atoms with E-state index >= 15 is 0 Å². The Morgan fingerprint density at radius 2 is 1.62 bits per heavy atom. The zero-order valence-corrected chi connectivity index (χ0v) is 18.5. The highest BCUT2D eigenvalue weighted by molar-refractivity contribution is 5.92. The minimum absolute atomic E-state index is 0.161. The largest absolute Gasteiger partial charge is 0.497 e. The molecule has 3 aromatic rings. The Balaban J connectivity index is 1.58. The number of carbonyl (C=O) groups is 2. The first-order valence-electron chi connectivity index (χ1n) is 10.1. The van der Waals surface area contributed by atoms with Crippen LogP contribution in [0.2, 0.25) is 0 Å². The summed E-state index contributed by atoms with van der Waals surface area (Å²) in [6.07, 6.45) is 1.04. The number of amides is 2. The van der Waals surface area contributed by atoms with Gasteiger partial charge in [-0.05, 0) is 62.7 Å². The van der Waals surface area contributed by atoms with Gasteiger partial charge in [0.1, 0.15) is 23.5 Å². The minimum Gasteiger partial charge on any atom is -0.497 e. The summed E-state index contributed by atoms with van der Waals surface area (Å²) in [6, 6.07) is 16.2. The standard InChI is InChI=1S/C24H26N4O4/c1-24(2,3)32-23(30)27-18-9-5-16(6-10-18)13-22(29)28-21-14-20(25-15-26-21)17-7-11-19(31-4)12-8-17/h5-12,14-15H,13H2,1-4H3,(H,27,30)(H,25,26,28,29). The minimum atomic E-state index is -0.573. The van der Waals surface area contributed by atoms with Crippen LogP contribution in [0.15, 0.2) is 60.9 Å². The first-order chi connectivity index (χ1) is 15.2. The molecule has 0 aliphatic rings. The maximum Gasteiger partial charge on any atom is 0.412 e. The number of hydrogen-bond donors (Lipinski definition) is 2. The first kappa shape index (κ1) is 22.7. The number of hydrogen-bond acceptors (Lipinski definition) is 6. The summed E-state index contributed by atoms with van der Waals surface area (Å²) < 4.78 is 10.4. The number of nitrogens with zero attached hydrogens (tertiary/aromatic N) is 2. The van der Waals surface area contributed by atoms with E-state index in [1.54, 1.807) is 58.2 Å². The van der Waals surface area contributed by atoms with Gasteiger partial charge in [-0.1, -0.05) is 12.1 Å². The van der Waals surface area contributed by atoms with E-state index in [1.165, 1.54) is 6.33 Å². The van der Waals surface area contributed by atoms with Crippen LogP contribution in [0.3, 0.4) is 0 Å². The maximum atomic E-state index is 12.5. The van der Waals surface area contributed by atoms with Gasteiger partial charge < -0.3 is 14.8 Å². The Morgan fingerprint density at radius 3 is 2.25 bits per heavy atom. The van der Waals surface area contributed by atoms with Gasteiger partial charge in [-0.15, -0.1) is 0 Å². The lowest BCUT2D eigenvalue weighted by molar-refractivity contribution is -0.115. The van der Waals surface area contributed by atoms with E-state index in [9.17, 15) is 9.59 Å². The third-order valence-electron chi connectivity index (χ3n) is 4.28. The van der Waals surface area contributed by atoms with Crippen molar-refractivity contribution < 1.29 is 19.1 Å². The summed E-state index contributed by atoms with van der Waals surface area (Å²) in [6.45, 7) is 5.39. The molecule has 0 spiro atoms. The van der Waals surface area contributed by atoms with Crippen LogP contribution in [0.25, 0.3) is 11.3 Å². The van der Waals surface area contributed by atoms with Crippen molar-refractivity contribution in [1.82, 2.24) is 9.97 Å². The number of anilines is 2. The van der Waals surface area contributed by atoms with Crippen LogP contribution in [0.4, 0.5) is 16.3 Å². The van der Waals surface area contributed by atoms with Crippen molar-refractivity contribution in [1.29, 1.82) is 0 Å². The number of benzene rings is 2. The Labute approximate surface area is 187 Å². The highest BCUT2D eigenvalue weighted by Crippen LogP contribution is 2.22. The van der Waals surface area contributed by atoms with E-state index < -0.39 is 11.7 Å². The molecule has 0 saturated carbocycles. The first-order valence-corrected chi connectivity index (χ1v) is 10.1. The van der Waals surface area contributed by atoms with Gasteiger partial charge >= 0.3 is 6.09 Å². The number of methoxy groups -OCH3 is 1. The lowest BCUT2D eigenvalue weighted by Gasteiger charge is -2.19. The second-order valence-corrected chi connectivity index (χ2v) is 8.07. The topological polar surface area (TPSA) is 102 Å². The second-order valence-electron chi connectivity index (χ2n) is 8.07. The molecule has 0 aliphatic carbocycles. The van der Waals surface area contributed by atoms with E-state index in [0.717, 1.165) is 16.9 Å². The van der Waals surface area contributed by atoms with Crippen LogP contribution in [-0.4, -0.2) is 34.7 Å². The van der Waals surface area contributed by atoms with E-state index in [1.807, 2.05) is 24.3 Å². The molecule has 166 valence electrons. The van der Waals surface area contributed by atoms with Gasteiger partial charge in [0.05, 0.1) is 19.2 Å². The summed E-state index contributed by atoms with van der Waals surface area (Å²) >= 11 is 0. The number of nitrogens with one attached hydrogen (secondary N) is 2. The number of aromatic nitrogens is 2. The van der Waals surface area contributed by atoms with Crippen LogP contribution in [-0.2, 0) is 16.0 Å². The fourth-order valence-corrected chi connectivity index (χ4v) is 2.85. The van der Waals surface area contributed by atoms with Gasteiger partial charge in [0.15, 0.2) is 0 Å². The van der Waals surface area contributed by atoms with Crippen LogP contribution >= 0.6 is 0 Å². The fraction of sp³-hybridized carbons (Fsp3) is 0.250. The van der Waals surface area contributed by atoms with Crippen LogP contribution in [0, 0.1) is 0 Å². The molecule has 0 unspecified atom stereocenters. The molecule has 0 bridgehead atoms. The number of carbonyl (C=O) groups excluding carboxylic acids is 2. The van der Waals surface area contributed by atoms with E-state index in [0.29, 0.717) is 17.2 Å². The van der Waals surface area contributed by atoms with Gasteiger partial charge in [-0.3, -0.25) is 10.1 Å². The molecule has 32 heavy (non-hydrogen) atoms. The third kappa shape index (κ3) is 6.80. The number of rotatable bonds is 6. The summed E-state index contributed by atoms with van der Waals surface area (Å²) in [5.41, 5.74) is 2.38. The summed E-state index contributed by atoms with van der Waals surface area (Å²) in [7, 11) is 1.61. The third-order valence-corrected chi connectivity index (χ3v) is 4.28. The molecule has 2 N–H and O–H groups in total. The Kier molecular flexibility index (Phi) is 7.04. The highest BCUT2D eigenvalue weighted by atomic mass is 16.6. The van der Waals surface area contributed by atoms with Crippen molar-refractivity contribution in [3.05, 3.63) is 66.5 Å². The predicted molar refractivity (Wildman–Crippen MR) is 123 cm³/mol. The number of ether oxygens (including phenoxy) is 2. The molecule has 0 fully saturated rings.